The SMILES string of the molecule is CN(CC(=O)OCC(=O)Nc1ccccc1Cc1ccccc1)S(=O)(=O)c1ccc(F)cc1. The van der Waals surface area contributed by atoms with Crippen molar-refractivity contribution in [3.63, 3.8) is 0 Å². The maximum atomic E-state index is 13.0. The molecule has 3 rings (SSSR count). The van der Waals surface area contributed by atoms with E-state index < -0.39 is 40.9 Å². The number of nitrogens with one attached hydrogen (secondary N) is 1. The van der Waals surface area contributed by atoms with Gasteiger partial charge in [-0.05, 0) is 47.9 Å². The molecule has 172 valence electrons. The first-order valence-electron chi connectivity index (χ1n) is 10.0. The van der Waals surface area contributed by atoms with E-state index in [1.165, 1.54) is 7.05 Å². The molecule has 0 fully saturated rings. The second-order valence-electron chi connectivity index (χ2n) is 7.24. The van der Waals surface area contributed by atoms with Gasteiger partial charge in [-0.15, -0.1) is 0 Å². The van der Waals surface area contributed by atoms with Gasteiger partial charge >= 0.3 is 5.97 Å². The molecule has 0 spiro atoms. The van der Waals surface area contributed by atoms with Crippen molar-refractivity contribution in [2.75, 3.05) is 25.5 Å². The van der Waals surface area contributed by atoms with Gasteiger partial charge in [0.05, 0.1) is 4.90 Å². The number of benzene rings is 3. The average molecular weight is 471 g/mol. The van der Waals surface area contributed by atoms with Crippen LogP contribution in [0.3, 0.4) is 0 Å². The molecule has 0 saturated heterocycles. The second-order valence-corrected chi connectivity index (χ2v) is 9.29. The Labute approximate surface area is 191 Å². The summed E-state index contributed by atoms with van der Waals surface area (Å²) in [5.41, 5.74) is 2.57. The smallest absolute Gasteiger partial charge is 0.321 e. The largest absolute Gasteiger partial charge is 0.455 e. The van der Waals surface area contributed by atoms with Gasteiger partial charge < -0.3 is 10.1 Å². The molecule has 0 heterocycles. The maximum Gasteiger partial charge on any atom is 0.321 e. The summed E-state index contributed by atoms with van der Waals surface area (Å²) in [7, 11) is -2.81. The van der Waals surface area contributed by atoms with Crippen LogP contribution in [0.15, 0.2) is 83.8 Å². The van der Waals surface area contributed by atoms with Gasteiger partial charge in [-0.3, -0.25) is 9.59 Å². The first-order chi connectivity index (χ1) is 15.8. The molecule has 0 aliphatic heterocycles. The third-order valence-corrected chi connectivity index (χ3v) is 6.58. The van der Waals surface area contributed by atoms with Gasteiger partial charge in [0.15, 0.2) is 6.61 Å². The number of nitrogens with zero attached hydrogens (tertiary/aromatic N) is 1. The van der Waals surface area contributed by atoms with E-state index in [4.69, 9.17) is 4.74 Å². The lowest BCUT2D eigenvalue weighted by atomic mass is 10.0. The van der Waals surface area contributed by atoms with Gasteiger partial charge in [0.25, 0.3) is 5.91 Å². The van der Waals surface area contributed by atoms with E-state index in [0.717, 1.165) is 39.7 Å². The normalized spacial score (nSPS) is 11.2. The lowest BCUT2D eigenvalue weighted by Gasteiger charge is -2.16. The van der Waals surface area contributed by atoms with E-state index in [1.54, 1.807) is 12.1 Å². The molecule has 0 bridgehead atoms. The molecule has 0 atom stereocenters. The first-order valence-corrected chi connectivity index (χ1v) is 11.5. The Morgan fingerprint density at radius 2 is 1.58 bits per heavy atom. The number of ether oxygens (including phenoxy) is 1. The number of anilines is 1. The predicted octanol–water partition coefficient (Wildman–Crippen LogP) is 3.22. The zero-order valence-electron chi connectivity index (χ0n) is 17.9. The number of carbonyl (C=O) groups is 2. The molecule has 1 N–H and O–H groups in total. The molecule has 3 aromatic rings. The van der Waals surface area contributed by atoms with E-state index in [0.29, 0.717) is 12.1 Å². The highest BCUT2D eigenvalue weighted by atomic mass is 32.2. The molecule has 9 heteroatoms. The average Bonchev–Trinajstić information content (AvgIpc) is 2.80. The number of likely N-dealkylation sites (N-methyl/N-ethyl adjacent to an activating group) is 1. The number of rotatable bonds is 9. The minimum Gasteiger partial charge on any atom is -0.455 e. The predicted molar refractivity (Wildman–Crippen MR) is 121 cm³/mol. The second kappa shape index (κ2) is 10.8. The number of hydrogen-bond donors (Lipinski definition) is 1. The van der Waals surface area contributed by atoms with Crippen LogP contribution in [0.2, 0.25) is 0 Å². The summed E-state index contributed by atoms with van der Waals surface area (Å²) in [6.45, 7) is -1.17. The lowest BCUT2D eigenvalue weighted by molar-refractivity contribution is -0.147. The first kappa shape index (κ1) is 24.1. The Bertz CT molecular complexity index is 1220. The number of hydrogen-bond acceptors (Lipinski definition) is 5. The van der Waals surface area contributed by atoms with Crippen LogP contribution in [0.4, 0.5) is 10.1 Å². The van der Waals surface area contributed by atoms with Crippen molar-refractivity contribution in [1.82, 2.24) is 4.31 Å². The summed E-state index contributed by atoms with van der Waals surface area (Å²) in [5, 5.41) is 2.72. The summed E-state index contributed by atoms with van der Waals surface area (Å²) in [6, 6.07) is 21.3. The zero-order chi connectivity index (χ0) is 23.8. The molecule has 0 aliphatic carbocycles. The van der Waals surface area contributed by atoms with Crippen molar-refractivity contribution in [2.24, 2.45) is 0 Å². The molecular formula is C24H23FN2O5S. The Hall–Kier alpha value is -3.56. The van der Waals surface area contributed by atoms with Crippen LogP contribution in [0.25, 0.3) is 0 Å². The monoisotopic (exact) mass is 470 g/mol. The van der Waals surface area contributed by atoms with Crippen LogP contribution in [0.5, 0.6) is 0 Å². The van der Waals surface area contributed by atoms with Gasteiger partial charge in [0.2, 0.25) is 10.0 Å². The number of esters is 1. The Balaban J connectivity index is 1.54. The van der Waals surface area contributed by atoms with Gasteiger partial charge in [-0.25, -0.2) is 12.8 Å². The fourth-order valence-electron chi connectivity index (χ4n) is 3.04. The Morgan fingerprint density at radius 1 is 0.939 bits per heavy atom. The van der Waals surface area contributed by atoms with Crippen LogP contribution in [-0.2, 0) is 30.8 Å². The lowest BCUT2D eigenvalue weighted by Crippen LogP contribution is -2.34. The molecule has 0 aromatic heterocycles. The van der Waals surface area contributed by atoms with Crippen molar-refractivity contribution in [3.8, 4) is 0 Å². The molecule has 33 heavy (non-hydrogen) atoms. The van der Waals surface area contributed by atoms with E-state index in [1.807, 2.05) is 42.5 Å². The fraction of sp³-hybridized carbons (Fsp3) is 0.167. The summed E-state index contributed by atoms with van der Waals surface area (Å²) in [6.07, 6.45) is 0.614. The van der Waals surface area contributed by atoms with Crippen LogP contribution >= 0.6 is 0 Å². The van der Waals surface area contributed by atoms with Crippen LogP contribution in [0, 0.1) is 5.82 Å². The summed E-state index contributed by atoms with van der Waals surface area (Å²) >= 11 is 0. The number of sulfonamides is 1. The zero-order valence-corrected chi connectivity index (χ0v) is 18.7. The van der Waals surface area contributed by atoms with Crippen molar-refractivity contribution in [3.05, 3.63) is 95.8 Å². The third-order valence-electron chi connectivity index (χ3n) is 4.77. The number of carbonyl (C=O) groups excluding carboxylic acids is 2. The molecule has 0 saturated carbocycles. The minimum atomic E-state index is -4.01. The van der Waals surface area contributed by atoms with Crippen LogP contribution < -0.4 is 5.32 Å². The van der Waals surface area contributed by atoms with Crippen molar-refractivity contribution >= 4 is 27.6 Å². The van der Waals surface area contributed by atoms with Crippen molar-refractivity contribution in [2.45, 2.75) is 11.3 Å². The molecule has 7 nitrogen and oxygen atoms in total. The molecular weight excluding hydrogens is 447 g/mol. The van der Waals surface area contributed by atoms with Crippen molar-refractivity contribution in [1.29, 1.82) is 0 Å². The quantitative estimate of drug-likeness (QED) is 0.485. The van der Waals surface area contributed by atoms with Gasteiger partial charge in [0.1, 0.15) is 12.4 Å². The highest BCUT2D eigenvalue weighted by Crippen LogP contribution is 2.19. The van der Waals surface area contributed by atoms with Gasteiger partial charge in [-0.2, -0.15) is 4.31 Å². The number of amides is 1. The van der Waals surface area contributed by atoms with Crippen LogP contribution in [0.1, 0.15) is 11.1 Å². The van der Waals surface area contributed by atoms with Gasteiger partial charge in [-0.1, -0.05) is 48.5 Å². The number of para-hydroxylation sites is 1. The van der Waals surface area contributed by atoms with E-state index >= 15 is 0 Å². The topological polar surface area (TPSA) is 92.8 Å². The highest BCUT2D eigenvalue weighted by molar-refractivity contribution is 7.89. The summed E-state index contributed by atoms with van der Waals surface area (Å²) in [5.74, 6) is -2.02. The van der Waals surface area contributed by atoms with Crippen molar-refractivity contribution < 1.29 is 27.1 Å². The van der Waals surface area contributed by atoms with Crippen LogP contribution in [-0.4, -0.2) is 44.8 Å². The summed E-state index contributed by atoms with van der Waals surface area (Å²) < 4.78 is 43.7. The van der Waals surface area contributed by atoms with E-state index in [2.05, 4.69) is 5.32 Å². The molecule has 0 unspecified atom stereocenters. The van der Waals surface area contributed by atoms with E-state index in [-0.39, 0.29) is 4.90 Å². The molecule has 1 amide bonds. The third kappa shape index (κ3) is 6.71. The Kier molecular flexibility index (Phi) is 7.92. The maximum absolute atomic E-state index is 13.0. The minimum absolute atomic E-state index is 0.160. The highest BCUT2D eigenvalue weighted by Gasteiger charge is 2.24. The fourth-order valence-corrected chi connectivity index (χ4v) is 4.16. The molecule has 0 aliphatic rings. The molecule has 0 radical (unpaired) electrons. The van der Waals surface area contributed by atoms with Gasteiger partial charge in [0, 0.05) is 12.7 Å². The standard InChI is InChI=1S/C24H23FN2O5S/c1-27(33(30,31)21-13-11-20(25)12-14-21)16-24(29)32-17-23(28)26-22-10-6-5-9-19(22)15-18-7-3-2-4-8-18/h2-14H,15-17H2,1H3,(H,26,28). The summed E-state index contributed by atoms with van der Waals surface area (Å²) in [4.78, 5) is 24.2. The van der Waals surface area contributed by atoms with E-state index in [9.17, 15) is 22.4 Å². The Morgan fingerprint density at radius 3 is 2.27 bits per heavy atom. The molecule has 3 aromatic carbocycles. The number of halogens is 1.